The first-order valence-electron chi connectivity index (χ1n) is 6.00. The summed E-state index contributed by atoms with van der Waals surface area (Å²) in [6, 6.07) is 7.40. The summed E-state index contributed by atoms with van der Waals surface area (Å²) in [5, 5.41) is 2.77. The molecule has 0 spiro atoms. The second-order valence-electron chi connectivity index (χ2n) is 3.77. The number of carbonyl (C=O) groups excluding carboxylic acids is 1. The lowest BCUT2D eigenvalue weighted by atomic mass is 10.3. The van der Waals surface area contributed by atoms with E-state index in [0.29, 0.717) is 26.1 Å². The number of carbonyl (C=O) groups is 1. The van der Waals surface area contributed by atoms with Gasteiger partial charge in [0.1, 0.15) is 11.5 Å². The molecule has 0 aromatic heterocycles. The number of amides is 1. The molecule has 0 saturated heterocycles. The maximum Gasteiger partial charge on any atom is 0.221 e. The fourth-order valence-corrected chi connectivity index (χ4v) is 1.38. The van der Waals surface area contributed by atoms with Crippen LogP contribution in [-0.4, -0.2) is 32.7 Å². The number of hydrogen-bond donors (Lipinski definition) is 2. The van der Waals surface area contributed by atoms with Crippen LogP contribution in [-0.2, 0) is 4.79 Å². The van der Waals surface area contributed by atoms with E-state index in [-0.39, 0.29) is 18.3 Å². The number of rotatable bonds is 8. The summed E-state index contributed by atoms with van der Waals surface area (Å²) in [4.78, 5) is 11.1. The predicted molar refractivity (Wildman–Crippen MR) is 77.0 cm³/mol. The standard InChI is InChI=1S/C13H20N2O3.ClH/c1-17-11-3-5-12(6-4-11)18-10-2-9-15-13(16)7-8-14;/h3-6H,2,7-10,14H2,1H3,(H,15,16);1H. The Morgan fingerprint density at radius 1 is 1.26 bits per heavy atom. The van der Waals surface area contributed by atoms with Gasteiger partial charge < -0.3 is 20.5 Å². The van der Waals surface area contributed by atoms with Crippen LogP contribution in [0.1, 0.15) is 12.8 Å². The Morgan fingerprint density at radius 2 is 1.89 bits per heavy atom. The summed E-state index contributed by atoms with van der Waals surface area (Å²) >= 11 is 0. The molecule has 1 aromatic carbocycles. The van der Waals surface area contributed by atoms with Gasteiger partial charge in [-0.1, -0.05) is 0 Å². The normalized spacial score (nSPS) is 9.37. The van der Waals surface area contributed by atoms with E-state index in [0.717, 1.165) is 17.9 Å². The quantitative estimate of drug-likeness (QED) is 0.708. The van der Waals surface area contributed by atoms with Crippen molar-refractivity contribution in [1.82, 2.24) is 5.32 Å². The van der Waals surface area contributed by atoms with E-state index >= 15 is 0 Å². The molecule has 0 bridgehead atoms. The molecule has 1 aromatic rings. The van der Waals surface area contributed by atoms with Crippen LogP contribution >= 0.6 is 12.4 Å². The molecule has 0 saturated carbocycles. The fraction of sp³-hybridized carbons (Fsp3) is 0.462. The first kappa shape index (κ1) is 17.5. The van der Waals surface area contributed by atoms with Crippen molar-refractivity contribution in [2.24, 2.45) is 5.73 Å². The zero-order valence-electron chi connectivity index (χ0n) is 11.1. The topological polar surface area (TPSA) is 73.6 Å². The molecule has 0 aliphatic heterocycles. The molecule has 1 rings (SSSR count). The van der Waals surface area contributed by atoms with E-state index in [1.807, 2.05) is 24.3 Å². The zero-order chi connectivity index (χ0) is 13.2. The van der Waals surface area contributed by atoms with Gasteiger partial charge in [-0.15, -0.1) is 12.4 Å². The molecule has 6 heteroatoms. The van der Waals surface area contributed by atoms with Gasteiger partial charge >= 0.3 is 0 Å². The highest BCUT2D eigenvalue weighted by molar-refractivity contribution is 5.85. The van der Waals surface area contributed by atoms with Crippen LogP contribution < -0.4 is 20.5 Å². The highest BCUT2D eigenvalue weighted by atomic mass is 35.5. The van der Waals surface area contributed by atoms with Gasteiger partial charge in [-0.25, -0.2) is 0 Å². The number of nitrogens with one attached hydrogen (secondary N) is 1. The van der Waals surface area contributed by atoms with Crippen molar-refractivity contribution in [2.45, 2.75) is 12.8 Å². The Labute approximate surface area is 119 Å². The third-order valence-electron chi connectivity index (χ3n) is 2.34. The lowest BCUT2D eigenvalue weighted by Gasteiger charge is -2.07. The molecule has 0 unspecified atom stereocenters. The Hall–Kier alpha value is -1.46. The molecule has 0 aliphatic rings. The molecule has 0 atom stereocenters. The van der Waals surface area contributed by atoms with Crippen LogP contribution in [0, 0.1) is 0 Å². The number of hydrogen-bond acceptors (Lipinski definition) is 4. The van der Waals surface area contributed by atoms with Crippen LogP contribution in [0.15, 0.2) is 24.3 Å². The lowest BCUT2D eigenvalue weighted by Crippen LogP contribution is -2.27. The Morgan fingerprint density at radius 3 is 2.47 bits per heavy atom. The third kappa shape index (κ3) is 7.54. The minimum absolute atomic E-state index is 0. The van der Waals surface area contributed by atoms with E-state index in [1.165, 1.54) is 0 Å². The Bertz CT molecular complexity index is 357. The van der Waals surface area contributed by atoms with Crippen molar-refractivity contribution in [3.8, 4) is 11.5 Å². The van der Waals surface area contributed by atoms with Crippen LogP contribution in [0.4, 0.5) is 0 Å². The zero-order valence-corrected chi connectivity index (χ0v) is 11.9. The molecular formula is C13H21ClN2O3. The highest BCUT2D eigenvalue weighted by Crippen LogP contribution is 2.16. The van der Waals surface area contributed by atoms with Gasteiger partial charge in [-0.3, -0.25) is 4.79 Å². The summed E-state index contributed by atoms with van der Waals surface area (Å²) in [7, 11) is 1.62. The van der Waals surface area contributed by atoms with Crippen molar-refractivity contribution in [1.29, 1.82) is 0 Å². The Kier molecular flexibility index (Phi) is 9.66. The van der Waals surface area contributed by atoms with Gasteiger partial charge in [0.25, 0.3) is 0 Å². The summed E-state index contributed by atoms with van der Waals surface area (Å²) in [6.07, 6.45) is 1.14. The second kappa shape index (κ2) is 10.5. The van der Waals surface area contributed by atoms with Crippen molar-refractivity contribution in [2.75, 3.05) is 26.8 Å². The third-order valence-corrected chi connectivity index (χ3v) is 2.34. The van der Waals surface area contributed by atoms with Gasteiger partial charge in [0.15, 0.2) is 0 Å². The lowest BCUT2D eigenvalue weighted by molar-refractivity contribution is -0.120. The Balaban J connectivity index is 0.00000324. The average molecular weight is 289 g/mol. The number of benzene rings is 1. The molecule has 0 radical (unpaired) electrons. The van der Waals surface area contributed by atoms with Crippen molar-refractivity contribution in [3.63, 3.8) is 0 Å². The first-order valence-corrected chi connectivity index (χ1v) is 6.00. The van der Waals surface area contributed by atoms with Crippen LogP contribution in [0.5, 0.6) is 11.5 Å². The molecule has 1 amide bonds. The number of ether oxygens (including phenoxy) is 2. The van der Waals surface area contributed by atoms with Gasteiger partial charge in [0.05, 0.1) is 13.7 Å². The van der Waals surface area contributed by atoms with Crippen molar-refractivity contribution < 1.29 is 14.3 Å². The molecule has 19 heavy (non-hydrogen) atoms. The molecule has 3 N–H and O–H groups in total. The van der Waals surface area contributed by atoms with Gasteiger partial charge in [0.2, 0.25) is 5.91 Å². The average Bonchev–Trinajstić information content (AvgIpc) is 2.39. The van der Waals surface area contributed by atoms with E-state index in [1.54, 1.807) is 7.11 Å². The number of nitrogens with two attached hydrogens (primary N) is 1. The van der Waals surface area contributed by atoms with Crippen LogP contribution in [0.2, 0.25) is 0 Å². The number of halogens is 1. The minimum atomic E-state index is -0.0121. The van der Waals surface area contributed by atoms with E-state index in [4.69, 9.17) is 15.2 Å². The molecule has 0 aliphatic carbocycles. The van der Waals surface area contributed by atoms with Gasteiger partial charge in [-0.05, 0) is 30.7 Å². The maximum absolute atomic E-state index is 11.1. The van der Waals surface area contributed by atoms with Crippen LogP contribution in [0.3, 0.4) is 0 Å². The van der Waals surface area contributed by atoms with Gasteiger partial charge in [0, 0.05) is 19.5 Å². The summed E-state index contributed by atoms with van der Waals surface area (Å²) in [5.41, 5.74) is 5.26. The molecule has 5 nitrogen and oxygen atoms in total. The molecule has 0 heterocycles. The van der Waals surface area contributed by atoms with Crippen molar-refractivity contribution in [3.05, 3.63) is 24.3 Å². The summed E-state index contributed by atoms with van der Waals surface area (Å²) < 4.78 is 10.6. The first-order chi connectivity index (χ1) is 8.76. The van der Waals surface area contributed by atoms with Crippen molar-refractivity contribution >= 4 is 18.3 Å². The van der Waals surface area contributed by atoms with E-state index < -0.39 is 0 Å². The maximum atomic E-state index is 11.1. The van der Waals surface area contributed by atoms with E-state index in [9.17, 15) is 4.79 Å². The SMILES string of the molecule is COc1ccc(OCCCNC(=O)CCN)cc1.Cl. The molecular weight excluding hydrogens is 268 g/mol. The highest BCUT2D eigenvalue weighted by Gasteiger charge is 1.98. The predicted octanol–water partition coefficient (Wildman–Crippen LogP) is 1.35. The minimum Gasteiger partial charge on any atom is -0.497 e. The largest absolute Gasteiger partial charge is 0.497 e. The number of methoxy groups -OCH3 is 1. The smallest absolute Gasteiger partial charge is 0.221 e. The second-order valence-corrected chi connectivity index (χ2v) is 3.77. The van der Waals surface area contributed by atoms with E-state index in [2.05, 4.69) is 5.32 Å². The summed E-state index contributed by atoms with van der Waals surface area (Å²) in [6.45, 7) is 1.55. The molecule has 0 fully saturated rings. The monoisotopic (exact) mass is 288 g/mol. The molecule has 108 valence electrons. The van der Waals surface area contributed by atoms with Gasteiger partial charge in [-0.2, -0.15) is 0 Å². The summed E-state index contributed by atoms with van der Waals surface area (Å²) in [5.74, 6) is 1.59. The fourth-order valence-electron chi connectivity index (χ4n) is 1.38. The van der Waals surface area contributed by atoms with Crippen LogP contribution in [0.25, 0.3) is 0 Å².